The maximum absolute atomic E-state index is 12.2. The summed E-state index contributed by atoms with van der Waals surface area (Å²) in [5, 5.41) is 11.3. The van der Waals surface area contributed by atoms with Crippen LogP contribution in [0.5, 0.6) is 0 Å². The second-order valence-corrected chi connectivity index (χ2v) is 7.62. The van der Waals surface area contributed by atoms with Gasteiger partial charge in [0.1, 0.15) is 6.54 Å². The number of nitrogens with one attached hydrogen (secondary N) is 1. The molecule has 0 aliphatic heterocycles. The summed E-state index contributed by atoms with van der Waals surface area (Å²) >= 11 is 7.38. The molecule has 1 aliphatic rings. The van der Waals surface area contributed by atoms with E-state index >= 15 is 0 Å². The third kappa shape index (κ3) is 5.16. The Morgan fingerprint density at radius 2 is 1.96 bits per heavy atom. The van der Waals surface area contributed by atoms with Crippen LogP contribution in [0.25, 0.3) is 11.4 Å². The van der Waals surface area contributed by atoms with Crippen LogP contribution in [0, 0.1) is 0 Å². The van der Waals surface area contributed by atoms with Crippen LogP contribution in [-0.4, -0.2) is 39.1 Å². The molecule has 0 unspecified atom stereocenters. The van der Waals surface area contributed by atoms with E-state index < -0.39 is 18.6 Å². The van der Waals surface area contributed by atoms with Crippen molar-refractivity contribution in [2.75, 3.05) is 12.3 Å². The zero-order valence-electron chi connectivity index (χ0n) is 14.3. The van der Waals surface area contributed by atoms with Crippen molar-refractivity contribution >= 4 is 29.3 Å². The van der Waals surface area contributed by atoms with Crippen LogP contribution in [0.1, 0.15) is 31.7 Å². The SMILES string of the molecule is O=C(CSc1nnc(-c2ccccc2Cl)n1C1CCCC1)NCC(F)(F)F. The summed E-state index contributed by atoms with van der Waals surface area (Å²) in [5.41, 5.74) is 0.743. The van der Waals surface area contributed by atoms with Gasteiger partial charge in [-0.15, -0.1) is 10.2 Å². The van der Waals surface area contributed by atoms with E-state index in [4.69, 9.17) is 11.6 Å². The average molecular weight is 419 g/mol. The van der Waals surface area contributed by atoms with Crippen molar-refractivity contribution in [1.82, 2.24) is 20.1 Å². The first-order valence-corrected chi connectivity index (χ1v) is 9.87. The Morgan fingerprint density at radius 3 is 2.63 bits per heavy atom. The first-order valence-electron chi connectivity index (χ1n) is 8.51. The van der Waals surface area contributed by atoms with Gasteiger partial charge in [0.15, 0.2) is 11.0 Å². The second-order valence-electron chi connectivity index (χ2n) is 6.27. The zero-order valence-corrected chi connectivity index (χ0v) is 15.9. The molecule has 0 saturated heterocycles. The number of carbonyl (C=O) groups excluding carboxylic acids is 1. The summed E-state index contributed by atoms with van der Waals surface area (Å²) in [5.74, 6) is -0.244. The molecule has 27 heavy (non-hydrogen) atoms. The third-order valence-corrected chi connectivity index (χ3v) is 5.56. The van der Waals surface area contributed by atoms with Crippen LogP contribution >= 0.6 is 23.4 Å². The van der Waals surface area contributed by atoms with E-state index in [0.29, 0.717) is 16.0 Å². The minimum atomic E-state index is -4.43. The Balaban J connectivity index is 1.79. The van der Waals surface area contributed by atoms with Gasteiger partial charge in [-0.3, -0.25) is 9.36 Å². The molecule has 1 fully saturated rings. The van der Waals surface area contributed by atoms with E-state index in [0.717, 1.165) is 43.0 Å². The quantitative estimate of drug-likeness (QED) is 0.702. The van der Waals surface area contributed by atoms with Gasteiger partial charge in [0.2, 0.25) is 5.91 Å². The smallest absolute Gasteiger partial charge is 0.346 e. The van der Waals surface area contributed by atoms with Gasteiger partial charge >= 0.3 is 6.18 Å². The van der Waals surface area contributed by atoms with Crippen LogP contribution in [0.3, 0.4) is 0 Å². The number of nitrogens with zero attached hydrogens (tertiary/aromatic N) is 3. The lowest BCUT2D eigenvalue weighted by molar-refractivity contribution is -0.136. The van der Waals surface area contributed by atoms with Crippen molar-refractivity contribution in [3.63, 3.8) is 0 Å². The molecule has 1 aromatic heterocycles. The fraction of sp³-hybridized carbons (Fsp3) is 0.471. The Hall–Kier alpha value is -1.74. The van der Waals surface area contributed by atoms with Gasteiger partial charge in [-0.2, -0.15) is 13.2 Å². The molecule has 1 aliphatic carbocycles. The van der Waals surface area contributed by atoms with Crippen molar-refractivity contribution in [2.24, 2.45) is 0 Å². The molecule has 1 heterocycles. The fourth-order valence-electron chi connectivity index (χ4n) is 3.07. The van der Waals surface area contributed by atoms with Crippen molar-refractivity contribution in [1.29, 1.82) is 0 Å². The van der Waals surface area contributed by atoms with Crippen LogP contribution < -0.4 is 5.32 Å². The molecular formula is C17H18ClF3N4OS. The van der Waals surface area contributed by atoms with Gasteiger partial charge in [0.25, 0.3) is 0 Å². The van der Waals surface area contributed by atoms with Crippen molar-refractivity contribution in [3.8, 4) is 11.4 Å². The second kappa shape index (κ2) is 8.52. The van der Waals surface area contributed by atoms with Gasteiger partial charge in [-0.25, -0.2) is 0 Å². The Labute approximate surface area is 163 Å². The lowest BCUT2D eigenvalue weighted by atomic mass is 10.2. The fourth-order valence-corrected chi connectivity index (χ4v) is 4.13. The maximum atomic E-state index is 12.2. The molecule has 3 rings (SSSR count). The summed E-state index contributed by atoms with van der Waals surface area (Å²) in [6, 6.07) is 7.48. The van der Waals surface area contributed by atoms with Crippen LogP contribution in [-0.2, 0) is 4.79 Å². The van der Waals surface area contributed by atoms with Crippen LogP contribution in [0.15, 0.2) is 29.4 Å². The van der Waals surface area contributed by atoms with Gasteiger partial charge in [0, 0.05) is 11.6 Å². The van der Waals surface area contributed by atoms with E-state index in [1.54, 1.807) is 6.07 Å². The number of benzene rings is 1. The van der Waals surface area contributed by atoms with E-state index in [2.05, 4.69) is 10.2 Å². The molecule has 10 heteroatoms. The molecule has 0 radical (unpaired) electrons. The number of alkyl halides is 3. The first-order chi connectivity index (χ1) is 12.8. The molecule has 2 aromatic rings. The highest BCUT2D eigenvalue weighted by atomic mass is 35.5. The first kappa shape index (κ1) is 20.0. The average Bonchev–Trinajstić information content (AvgIpc) is 3.27. The molecule has 0 atom stereocenters. The molecule has 1 aromatic carbocycles. The van der Waals surface area contributed by atoms with E-state index in [1.165, 1.54) is 0 Å². The third-order valence-electron chi connectivity index (χ3n) is 4.29. The molecule has 146 valence electrons. The van der Waals surface area contributed by atoms with Gasteiger partial charge in [0.05, 0.1) is 10.8 Å². The van der Waals surface area contributed by atoms with Gasteiger partial charge in [-0.1, -0.05) is 48.3 Å². The Kier molecular flexibility index (Phi) is 6.31. The van der Waals surface area contributed by atoms with Crippen molar-refractivity contribution in [2.45, 2.75) is 43.1 Å². The molecule has 5 nitrogen and oxygen atoms in total. The normalized spacial score (nSPS) is 15.3. The number of amides is 1. The molecule has 0 spiro atoms. The van der Waals surface area contributed by atoms with E-state index in [1.807, 2.05) is 28.1 Å². The van der Waals surface area contributed by atoms with Gasteiger partial charge in [-0.05, 0) is 25.0 Å². The number of carbonyl (C=O) groups is 1. The molecular weight excluding hydrogens is 401 g/mol. The minimum Gasteiger partial charge on any atom is -0.346 e. The summed E-state index contributed by atoms with van der Waals surface area (Å²) in [6.07, 6.45) is -0.337. The van der Waals surface area contributed by atoms with Crippen LogP contribution in [0.4, 0.5) is 13.2 Å². The number of rotatable bonds is 6. The largest absolute Gasteiger partial charge is 0.405 e. The lowest BCUT2D eigenvalue weighted by Crippen LogP contribution is -2.34. The number of halogens is 4. The standard InChI is InChI=1S/C17H18ClF3N4OS/c18-13-8-4-3-7-12(13)15-23-24-16(25(15)11-5-1-2-6-11)27-9-14(26)22-10-17(19,20)21/h3-4,7-8,11H,1-2,5-6,9-10H2,(H,22,26). The van der Waals surface area contributed by atoms with Crippen molar-refractivity contribution in [3.05, 3.63) is 29.3 Å². The molecule has 0 bridgehead atoms. The number of hydrogen-bond acceptors (Lipinski definition) is 4. The highest BCUT2D eigenvalue weighted by Gasteiger charge is 2.29. The van der Waals surface area contributed by atoms with Gasteiger partial charge < -0.3 is 5.32 Å². The topological polar surface area (TPSA) is 59.8 Å². The van der Waals surface area contributed by atoms with Crippen LogP contribution in [0.2, 0.25) is 5.02 Å². The molecule has 1 amide bonds. The predicted octanol–water partition coefficient (Wildman–Crippen LogP) is 4.48. The maximum Gasteiger partial charge on any atom is 0.405 e. The highest BCUT2D eigenvalue weighted by Crippen LogP contribution is 2.38. The summed E-state index contributed by atoms with van der Waals surface area (Å²) in [4.78, 5) is 11.7. The molecule has 1 N–H and O–H groups in total. The summed E-state index contributed by atoms with van der Waals surface area (Å²) in [7, 11) is 0. The Bertz CT molecular complexity index is 806. The summed E-state index contributed by atoms with van der Waals surface area (Å²) in [6.45, 7) is -1.34. The number of thioether (sulfide) groups is 1. The zero-order chi connectivity index (χ0) is 19.4. The number of aromatic nitrogens is 3. The minimum absolute atomic E-state index is 0.163. The van der Waals surface area contributed by atoms with E-state index in [-0.39, 0.29) is 11.8 Å². The lowest BCUT2D eigenvalue weighted by Gasteiger charge is -2.17. The Morgan fingerprint density at radius 1 is 1.26 bits per heavy atom. The molecule has 1 saturated carbocycles. The predicted molar refractivity (Wildman–Crippen MR) is 97.8 cm³/mol. The van der Waals surface area contributed by atoms with Crippen molar-refractivity contribution < 1.29 is 18.0 Å². The summed E-state index contributed by atoms with van der Waals surface area (Å²) < 4.78 is 38.6. The number of hydrogen-bond donors (Lipinski definition) is 1. The highest BCUT2D eigenvalue weighted by molar-refractivity contribution is 7.99. The monoisotopic (exact) mass is 418 g/mol. The van der Waals surface area contributed by atoms with E-state index in [9.17, 15) is 18.0 Å².